The molecule has 1 fully saturated rings. The standard InChI is InChI=1S/C25H30O15/c1-36-23(35)14-10-38-24(40-25-22(34)21(33)20(32)17(9-26)39-25)13(7-18(29)30)12(14)8-19(31)37-5-4-11-2-3-15(27)16(28)6-11/h2-3,6-7,10,12,17,20-22,24-28,32-34H,4-5,8-9H2,1H3,(H,29,30). The molecule has 220 valence electrons. The van der Waals surface area contributed by atoms with Crippen molar-refractivity contribution in [2.45, 2.75) is 49.8 Å². The van der Waals surface area contributed by atoms with Gasteiger partial charge in [-0.2, -0.15) is 0 Å². The van der Waals surface area contributed by atoms with Gasteiger partial charge in [0, 0.05) is 24.0 Å². The Morgan fingerprint density at radius 3 is 2.40 bits per heavy atom. The zero-order valence-corrected chi connectivity index (χ0v) is 21.2. The molecule has 1 aromatic carbocycles. The summed E-state index contributed by atoms with van der Waals surface area (Å²) in [4.78, 5) is 36.8. The Morgan fingerprint density at radius 1 is 1.05 bits per heavy atom. The van der Waals surface area contributed by atoms with Crippen LogP contribution in [0.15, 0.2) is 41.7 Å². The molecule has 1 aromatic rings. The highest BCUT2D eigenvalue weighted by atomic mass is 16.8. The number of carboxylic acids is 1. The van der Waals surface area contributed by atoms with E-state index in [1.165, 1.54) is 18.2 Å². The van der Waals surface area contributed by atoms with Crippen LogP contribution in [0.25, 0.3) is 0 Å². The number of ether oxygens (including phenoxy) is 5. The van der Waals surface area contributed by atoms with Crippen LogP contribution in [0.2, 0.25) is 0 Å². The van der Waals surface area contributed by atoms with Crippen LogP contribution in [0.4, 0.5) is 0 Å². The van der Waals surface area contributed by atoms with Crippen molar-refractivity contribution in [1.82, 2.24) is 0 Å². The van der Waals surface area contributed by atoms with Gasteiger partial charge < -0.3 is 59.4 Å². The first-order valence-corrected chi connectivity index (χ1v) is 12.0. The van der Waals surface area contributed by atoms with Gasteiger partial charge in [0.25, 0.3) is 0 Å². The van der Waals surface area contributed by atoms with Crippen molar-refractivity contribution < 1.29 is 73.8 Å². The summed E-state index contributed by atoms with van der Waals surface area (Å²) in [5.41, 5.74) is 0.0283. The highest BCUT2D eigenvalue weighted by Crippen LogP contribution is 2.36. The summed E-state index contributed by atoms with van der Waals surface area (Å²) in [6.07, 6.45) is -8.94. The van der Waals surface area contributed by atoms with Gasteiger partial charge in [-0.3, -0.25) is 4.79 Å². The van der Waals surface area contributed by atoms with E-state index in [0.717, 1.165) is 13.4 Å². The zero-order chi connectivity index (χ0) is 29.6. The van der Waals surface area contributed by atoms with E-state index in [1.54, 1.807) is 0 Å². The summed E-state index contributed by atoms with van der Waals surface area (Å²) < 4.78 is 26.1. The van der Waals surface area contributed by atoms with Gasteiger partial charge in [0.2, 0.25) is 6.29 Å². The molecule has 7 unspecified atom stereocenters. The van der Waals surface area contributed by atoms with Gasteiger partial charge in [0.05, 0.1) is 38.6 Å². The molecular weight excluding hydrogens is 540 g/mol. The molecule has 2 aliphatic heterocycles. The summed E-state index contributed by atoms with van der Waals surface area (Å²) >= 11 is 0. The summed E-state index contributed by atoms with van der Waals surface area (Å²) in [7, 11) is 1.06. The smallest absolute Gasteiger partial charge is 0.337 e. The van der Waals surface area contributed by atoms with Gasteiger partial charge in [-0.15, -0.1) is 0 Å². The molecule has 0 aliphatic carbocycles. The van der Waals surface area contributed by atoms with Crippen molar-refractivity contribution in [3.05, 3.63) is 47.2 Å². The maximum Gasteiger partial charge on any atom is 0.337 e. The zero-order valence-electron chi connectivity index (χ0n) is 21.2. The third-order valence-corrected chi connectivity index (χ3v) is 6.25. The number of methoxy groups -OCH3 is 1. The molecule has 0 saturated carbocycles. The van der Waals surface area contributed by atoms with Crippen LogP contribution in [0.5, 0.6) is 11.5 Å². The molecule has 0 radical (unpaired) electrons. The van der Waals surface area contributed by atoms with Crippen LogP contribution in [0.1, 0.15) is 12.0 Å². The van der Waals surface area contributed by atoms with Crippen LogP contribution in [0, 0.1) is 5.92 Å². The van der Waals surface area contributed by atoms with E-state index in [4.69, 9.17) is 23.7 Å². The minimum atomic E-state index is -1.85. The fraction of sp³-hybridized carbons (Fsp3) is 0.480. The number of esters is 2. The number of hydrogen-bond acceptors (Lipinski definition) is 14. The number of carbonyl (C=O) groups is 3. The topological polar surface area (TPSA) is 239 Å². The van der Waals surface area contributed by atoms with E-state index in [0.29, 0.717) is 11.6 Å². The van der Waals surface area contributed by atoms with E-state index in [2.05, 4.69) is 0 Å². The normalized spacial score (nSPS) is 29.3. The summed E-state index contributed by atoms with van der Waals surface area (Å²) in [5, 5.41) is 68.2. The average Bonchev–Trinajstić information content (AvgIpc) is 2.92. The lowest BCUT2D eigenvalue weighted by atomic mass is 9.86. The Bertz CT molecular complexity index is 1140. The number of aromatic hydroxyl groups is 2. The van der Waals surface area contributed by atoms with E-state index >= 15 is 0 Å². The summed E-state index contributed by atoms with van der Waals surface area (Å²) in [5.74, 6) is -5.27. The van der Waals surface area contributed by atoms with Gasteiger partial charge in [0.15, 0.2) is 17.8 Å². The highest BCUT2D eigenvalue weighted by Gasteiger charge is 2.47. The van der Waals surface area contributed by atoms with Gasteiger partial charge in [-0.05, 0) is 17.7 Å². The first kappa shape index (κ1) is 30.8. The molecule has 0 bridgehead atoms. The number of phenolic OH excluding ortho intramolecular Hbond substituents is 2. The van der Waals surface area contributed by atoms with Crippen LogP contribution in [-0.4, -0.2) is 111 Å². The monoisotopic (exact) mass is 570 g/mol. The number of aliphatic carboxylic acids is 1. The second-order valence-corrected chi connectivity index (χ2v) is 8.90. The number of benzene rings is 1. The third-order valence-electron chi connectivity index (χ3n) is 6.25. The molecule has 7 N–H and O–H groups in total. The first-order chi connectivity index (χ1) is 19.0. The molecule has 3 rings (SSSR count). The fourth-order valence-electron chi connectivity index (χ4n) is 4.13. The number of carbonyl (C=O) groups excluding carboxylic acids is 2. The Labute approximate surface area is 227 Å². The molecule has 1 saturated heterocycles. The van der Waals surface area contributed by atoms with Crippen molar-refractivity contribution in [2.75, 3.05) is 20.3 Å². The summed E-state index contributed by atoms with van der Waals surface area (Å²) in [6.45, 7) is -0.912. The van der Waals surface area contributed by atoms with Crippen molar-refractivity contribution >= 4 is 17.9 Å². The van der Waals surface area contributed by atoms with E-state index in [9.17, 15) is 50.1 Å². The Hall–Kier alpha value is -3.73. The number of phenols is 2. The SMILES string of the molecule is COC(=O)C1=COC(OC2OC(CO)C(O)C(O)C2O)C(=CC(=O)O)C1CC(=O)OCCc1ccc(O)c(O)c1. The number of aliphatic hydroxyl groups excluding tert-OH is 4. The molecule has 2 heterocycles. The van der Waals surface area contributed by atoms with Gasteiger partial charge in [-0.25, -0.2) is 9.59 Å². The van der Waals surface area contributed by atoms with Crippen LogP contribution < -0.4 is 0 Å². The number of hydrogen-bond donors (Lipinski definition) is 7. The molecule has 15 heteroatoms. The van der Waals surface area contributed by atoms with Crippen LogP contribution in [-0.2, 0) is 44.5 Å². The molecule has 0 spiro atoms. The van der Waals surface area contributed by atoms with Gasteiger partial charge in [-0.1, -0.05) is 6.07 Å². The van der Waals surface area contributed by atoms with E-state index in [1.807, 2.05) is 0 Å². The van der Waals surface area contributed by atoms with Crippen molar-refractivity contribution in [3.8, 4) is 11.5 Å². The lowest BCUT2D eigenvalue weighted by Crippen LogP contribution is -2.60. The molecule has 15 nitrogen and oxygen atoms in total. The lowest BCUT2D eigenvalue weighted by molar-refractivity contribution is -0.327. The van der Waals surface area contributed by atoms with E-state index in [-0.39, 0.29) is 35.7 Å². The predicted molar refractivity (Wildman–Crippen MR) is 128 cm³/mol. The third kappa shape index (κ3) is 7.26. The second-order valence-electron chi connectivity index (χ2n) is 8.90. The summed E-state index contributed by atoms with van der Waals surface area (Å²) in [6, 6.07) is 4.06. The quantitative estimate of drug-likeness (QED) is 0.0955. The maximum absolute atomic E-state index is 12.7. The lowest BCUT2D eigenvalue weighted by Gasteiger charge is -2.41. The highest BCUT2D eigenvalue weighted by molar-refractivity contribution is 5.91. The number of aliphatic hydroxyl groups is 4. The van der Waals surface area contributed by atoms with Gasteiger partial charge >= 0.3 is 17.9 Å². The molecule has 2 aliphatic rings. The molecule has 7 atom stereocenters. The molecule has 0 amide bonds. The van der Waals surface area contributed by atoms with E-state index < -0.39 is 73.8 Å². The van der Waals surface area contributed by atoms with Crippen LogP contribution in [0.3, 0.4) is 0 Å². The number of rotatable bonds is 10. The Balaban J connectivity index is 1.80. The molecule has 0 aromatic heterocycles. The second kappa shape index (κ2) is 13.6. The van der Waals surface area contributed by atoms with Crippen molar-refractivity contribution in [1.29, 1.82) is 0 Å². The largest absolute Gasteiger partial charge is 0.504 e. The average molecular weight is 571 g/mol. The van der Waals surface area contributed by atoms with Crippen molar-refractivity contribution in [3.63, 3.8) is 0 Å². The molecule has 40 heavy (non-hydrogen) atoms. The Morgan fingerprint density at radius 2 is 1.77 bits per heavy atom. The van der Waals surface area contributed by atoms with Crippen LogP contribution >= 0.6 is 0 Å². The fourth-order valence-corrected chi connectivity index (χ4v) is 4.13. The number of carboxylic acid groups (broad SMARTS) is 1. The van der Waals surface area contributed by atoms with Gasteiger partial charge in [0.1, 0.15) is 24.4 Å². The maximum atomic E-state index is 12.7. The van der Waals surface area contributed by atoms with Crippen molar-refractivity contribution in [2.24, 2.45) is 5.92 Å². The predicted octanol–water partition coefficient (Wildman–Crippen LogP) is -1.57. The molecular formula is C25H30O15. The minimum Gasteiger partial charge on any atom is -0.504 e. The minimum absolute atomic E-state index is 0.160. The first-order valence-electron chi connectivity index (χ1n) is 12.0. The Kier molecular flexibility index (Phi) is 10.4.